The minimum Gasteiger partial charge on any atom is -0.478 e. The van der Waals surface area contributed by atoms with Crippen LogP contribution in [0.15, 0.2) is 18.3 Å². The zero-order valence-corrected chi connectivity index (χ0v) is 11.4. The Morgan fingerprint density at radius 3 is 2.74 bits per heavy atom. The summed E-state index contributed by atoms with van der Waals surface area (Å²) in [6.07, 6.45) is 3.75. The van der Waals surface area contributed by atoms with Crippen molar-refractivity contribution >= 4 is 16.9 Å². The summed E-state index contributed by atoms with van der Waals surface area (Å²) in [7, 11) is 0. The molecule has 4 N–H and O–H groups in total. The molecule has 0 atom stereocenters. The van der Waals surface area contributed by atoms with Crippen LogP contribution in [0.1, 0.15) is 47.7 Å². The summed E-state index contributed by atoms with van der Waals surface area (Å²) in [5, 5.41) is 10.2. The number of carbonyl (C=O) groups is 1. The summed E-state index contributed by atoms with van der Waals surface area (Å²) in [6, 6.07) is 3.52. The molecule has 2 rings (SSSR count). The van der Waals surface area contributed by atoms with Gasteiger partial charge in [0.25, 0.3) is 0 Å². The first kappa shape index (κ1) is 13.6. The van der Waals surface area contributed by atoms with Crippen molar-refractivity contribution in [2.45, 2.75) is 32.6 Å². The second-order valence-corrected chi connectivity index (χ2v) is 5.15. The van der Waals surface area contributed by atoms with Crippen molar-refractivity contribution in [3.8, 4) is 0 Å². The maximum atomic E-state index is 11.2. The Balaban J connectivity index is 2.60. The third-order valence-electron chi connectivity index (χ3n) is 3.42. The number of rotatable bonds is 5. The molecular formula is C15H20N2O2. The molecule has 4 nitrogen and oxygen atoms in total. The van der Waals surface area contributed by atoms with Crippen LogP contribution >= 0.6 is 0 Å². The van der Waals surface area contributed by atoms with Gasteiger partial charge in [-0.3, -0.25) is 0 Å². The maximum Gasteiger partial charge on any atom is 0.335 e. The topological polar surface area (TPSA) is 79.1 Å². The number of nitrogens with two attached hydrogens (primary N) is 1. The van der Waals surface area contributed by atoms with Crippen LogP contribution in [-0.4, -0.2) is 22.6 Å². The van der Waals surface area contributed by atoms with Gasteiger partial charge in [-0.1, -0.05) is 13.8 Å². The Labute approximate surface area is 112 Å². The van der Waals surface area contributed by atoms with Gasteiger partial charge in [0.2, 0.25) is 0 Å². The summed E-state index contributed by atoms with van der Waals surface area (Å²) >= 11 is 0. The van der Waals surface area contributed by atoms with E-state index in [1.807, 2.05) is 6.20 Å². The van der Waals surface area contributed by atoms with Crippen molar-refractivity contribution in [3.05, 3.63) is 35.0 Å². The van der Waals surface area contributed by atoms with Crippen LogP contribution in [0.5, 0.6) is 0 Å². The van der Waals surface area contributed by atoms with Gasteiger partial charge >= 0.3 is 5.97 Å². The van der Waals surface area contributed by atoms with Crippen molar-refractivity contribution in [2.24, 2.45) is 5.73 Å². The number of benzene rings is 1. The molecule has 1 heterocycles. The molecule has 102 valence electrons. The number of aromatic amines is 1. The van der Waals surface area contributed by atoms with Crippen LogP contribution in [0.25, 0.3) is 10.9 Å². The van der Waals surface area contributed by atoms with E-state index in [9.17, 15) is 9.90 Å². The lowest BCUT2D eigenvalue weighted by Crippen LogP contribution is -2.01. The van der Waals surface area contributed by atoms with Crippen LogP contribution in [-0.2, 0) is 6.42 Å². The van der Waals surface area contributed by atoms with Crippen LogP contribution in [0.4, 0.5) is 0 Å². The predicted octanol–water partition coefficient (Wildman–Crippen LogP) is 2.88. The number of carboxylic acid groups (broad SMARTS) is 1. The van der Waals surface area contributed by atoms with Crippen LogP contribution < -0.4 is 5.73 Å². The highest BCUT2D eigenvalue weighted by molar-refractivity contribution is 5.96. The highest BCUT2D eigenvalue weighted by atomic mass is 16.4. The molecule has 0 saturated carbocycles. The molecule has 0 unspecified atom stereocenters. The van der Waals surface area contributed by atoms with E-state index in [1.54, 1.807) is 12.1 Å². The average molecular weight is 260 g/mol. The first-order valence-electron chi connectivity index (χ1n) is 6.61. The second-order valence-electron chi connectivity index (χ2n) is 5.15. The Hall–Kier alpha value is -1.81. The minimum atomic E-state index is -0.880. The summed E-state index contributed by atoms with van der Waals surface area (Å²) in [5.74, 6) is -0.599. The number of aromatic nitrogens is 1. The molecule has 0 radical (unpaired) electrons. The third kappa shape index (κ3) is 2.63. The Kier molecular flexibility index (Phi) is 3.90. The van der Waals surface area contributed by atoms with E-state index in [1.165, 1.54) is 0 Å². The van der Waals surface area contributed by atoms with Gasteiger partial charge in [0.1, 0.15) is 0 Å². The molecule has 1 aromatic carbocycles. The van der Waals surface area contributed by atoms with Crippen molar-refractivity contribution in [3.63, 3.8) is 0 Å². The number of carboxylic acids is 1. The number of fused-ring (bicyclic) bond motifs is 1. The number of nitrogens with one attached hydrogen (secondary N) is 1. The molecule has 0 aliphatic rings. The van der Waals surface area contributed by atoms with E-state index in [-0.39, 0.29) is 5.92 Å². The van der Waals surface area contributed by atoms with Gasteiger partial charge in [0, 0.05) is 17.1 Å². The van der Waals surface area contributed by atoms with Gasteiger partial charge in [0.15, 0.2) is 0 Å². The van der Waals surface area contributed by atoms with Gasteiger partial charge in [0.05, 0.1) is 5.56 Å². The zero-order valence-electron chi connectivity index (χ0n) is 11.4. The molecule has 1 aromatic heterocycles. The highest BCUT2D eigenvalue weighted by Gasteiger charge is 2.14. The normalized spacial score (nSPS) is 11.4. The Morgan fingerprint density at radius 1 is 1.42 bits per heavy atom. The lowest BCUT2D eigenvalue weighted by atomic mass is 9.96. The smallest absolute Gasteiger partial charge is 0.335 e. The molecule has 19 heavy (non-hydrogen) atoms. The summed E-state index contributed by atoms with van der Waals surface area (Å²) in [5.41, 5.74) is 9.13. The lowest BCUT2D eigenvalue weighted by molar-refractivity contribution is 0.0697. The van der Waals surface area contributed by atoms with E-state index in [2.05, 4.69) is 18.8 Å². The number of hydrogen-bond acceptors (Lipinski definition) is 2. The van der Waals surface area contributed by atoms with Gasteiger partial charge < -0.3 is 15.8 Å². The molecule has 0 saturated heterocycles. The van der Waals surface area contributed by atoms with E-state index in [0.29, 0.717) is 12.1 Å². The molecule has 0 amide bonds. The van der Waals surface area contributed by atoms with Gasteiger partial charge in [-0.25, -0.2) is 4.79 Å². The first-order valence-corrected chi connectivity index (χ1v) is 6.61. The van der Waals surface area contributed by atoms with Crippen LogP contribution in [0.3, 0.4) is 0 Å². The molecule has 4 heteroatoms. The maximum absolute atomic E-state index is 11.2. The standard InChI is InChI=1S/C15H20N2O2/c1-9(2)12-6-11(15(18)19)7-13-10(4-3-5-16)8-17-14(12)13/h6-9,17H,3-5,16H2,1-2H3,(H,18,19). The van der Waals surface area contributed by atoms with Gasteiger partial charge in [-0.05, 0) is 48.6 Å². The predicted molar refractivity (Wildman–Crippen MR) is 76.7 cm³/mol. The van der Waals surface area contributed by atoms with Crippen LogP contribution in [0, 0.1) is 0 Å². The van der Waals surface area contributed by atoms with Crippen LogP contribution in [0.2, 0.25) is 0 Å². The average Bonchev–Trinajstić information content (AvgIpc) is 2.77. The molecule has 0 fully saturated rings. The summed E-state index contributed by atoms with van der Waals surface area (Å²) in [4.78, 5) is 14.5. The second kappa shape index (κ2) is 5.45. The molecule has 0 bridgehead atoms. The fourth-order valence-electron chi connectivity index (χ4n) is 2.39. The SMILES string of the molecule is CC(C)c1cc(C(=O)O)cc2c(CCCN)c[nH]c12. The zero-order chi connectivity index (χ0) is 14.0. The number of aromatic carboxylic acids is 1. The summed E-state index contributed by atoms with van der Waals surface area (Å²) in [6.45, 7) is 4.78. The highest BCUT2D eigenvalue weighted by Crippen LogP contribution is 2.29. The number of hydrogen-bond donors (Lipinski definition) is 3. The molecule has 0 spiro atoms. The van der Waals surface area contributed by atoms with Crippen molar-refractivity contribution in [1.82, 2.24) is 4.98 Å². The van der Waals surface area contributed by atoms with Crippen molar-refractivity contribution in [2.75, 3.05) is 6.54 Å². The summed E-state index contributed by atoms with van der Waals surface area (Å²) < 4.78 is 0. The molecule has 2 aromatic rings. The molecule has 0 aliphatic heterocycles. The van der Waals surface area contributed by atoms with E-state index < -0.39 is 5.97 Å². The minimum absolute atomic E-state index is 0.280. The quantitative estimate of drug-likeness (QED) is 0.773. The molecule has 0 aliphatic carbocycles. The van der Waals surface area contributed by atoms with E-state index in [0.717, 1.165) is 34.9 Å². The fourth-order valence-corrected chi connectivity index (χ4v) is 2.39. The van der Waals surface area contributed by atoms with Gasteiger partial charge in [-0.2, -0.15) is 0 Å². The van der Waals surface area contributed by atoms with Gasteiger partial charge in [-0.15, -0.1) is 0 Å². The third-order valence-corrected chi connectivity index (χ3v) is 3.42. The first-order chi connectivity index (χ1) is 9.04. The Bertz CT molecular complexity index is 599. The Morgan fingerprint density at radius 2 is 2.16 bits per heavy atom. The fraction of sp³-hybridized carbons (Fsp3) is 0.400. The lowest BCUT2D eigenvalue weighted by Gasteiger charge is -2.09. The monoisotopic (exact) mass is 260 g/mol. The van der Waals surface area contributed by atoms with E-state index >= 15 is 0 Å². The van der Waals surface area contributed by atoms with E-state index in [4.69, 9.17) is 5.73 Å². The van der Waals surface area contributed by atoms with Crippen molar-refractivity contribution < 1.29 is 9.90 Å². The molecular weight excluding hydrogens is 240 g/mol. The number of aryl methyl sites for hydroxylation is 1. The van der Waals surface area contributed by atoms with Crippen molar-refractivity contribution in [1.29, 1.82) is 0 Å². The number of H-pyrrole nitrogens is 1. The largest absolute Gasteiger partial charge is 0.478 e.